The number of rotatable bonds is 16. The molecule has 0 fully saturated rings. The highest BCUT2D eigenvalue weighted by Crippen LogP contribution is 2.24. The predicted octanol–water partition coefficient (Wildman–Crippen LogP) is 6.89. The summed E-state index contributed by atoms with van der Waals surface area (Å²) in [7, 11) is 0. The van der Waals surface area contributed by atoms with Crippen LogP contribution in [0.1, 0.15) is 123 Å². The molecule has 0 atom stereocenters. The Balaban J connectivity index is 2.79. The average Bonchev–Trinajstić information content (AvgIpc) is 2.67. The summed E-state index contributed by atoms with van der Waals surface area (Å²) in [6.45, 7) is 4.36. The molecule has 0 bridgehead atoms. The van der Waals surface area contributed by atoms with Gasteiger partial charge in [-0.15, -0.1) is 0 Å². The molecule has 0 aliphatic rings. The van der Waals surface area contributed by atoms with Gasteiger partial charge >= 0.3 is 11.9 Å². The van der Waals surface area contributed by atoms with E-state index in [-0.39, 0.29) is 11.1 Å². The molecule has 1 aromatic carbocycles. The fraction of sp³-hybridized carbons (Fsp3) is 0.667. The summed E-state index contributed by atoms with van der Waals surface area (Å²) in [4.78, 5) is 23.7. The summed E-state index contributed by atoms with van der Waals surface area (Å²) in [6.07, 6.45) is 14.8. The van der Waals surface area contributed by atoms with Crippen LogP contribution in [0.5, 0.6) is 0 Å². The number of benzene rings is 1. The number of unbranched alkanes of at least 4 members (excludes halogenated alkanes) is 10. The van der Waals surface area contributed by atoms with Gasteiger partial charge in [0.25, 0.3) is 0 Å². The van der Waals surface area contributed by atoms with Gasteiger partial charge in [0.15, 0.2) is 0 Å². The summed E-state index contributed by atoms with van der Waals surface area (Å²) in [6, 6.07) is 3.68. The second kappa shape index (κ2) is 14.2. The van der Waals surface area contributed by atoms with Gasteiger partial charge in [0, 0.05) is 0 Å². The van der Waals surface area contributed by atoms with Crippen LogP contribution in [-0.4, -0.2) is 22.2 Å². The van der Waals surface area contributed by atoms with E-state index in [9.17, 15) is 19.8 Å². The molecule has 0 radical (unpaired) electrons. The minimum atomic E-state index is -1.12. The number of hydrogen-bond acceptors (Lipinski definition) is 2. The Bertz CT molecular complexity index is 554. The fourth-order valence-electron chi connectivity index (χ4n) is 3.79. The quantitative estimate of drug-likeness (QED) is 0.301. The first-order chi connectivity index (χ1) is 13.5. The van der Waals surface area contributed by atoms with Gasteiger partial charge < -0.3 is 10.2 Å². The van der Waals surface area contributed by atoms with Gasteiger partial charge in [0.1, 0.15) is 0 Å². The predicted molar refractivity (Wildman–Crippen MR) is 115 cm³/mol. The lowest BCUT2D eigenvalue weighted by Gasteiger charge is -2.14. The van der Waals surface area contributed by atoms with Crippen molar-refractivity contribution in [3.8, 4) is 0 Å². The largest absolute Gasteiger partial charge is 0.478 e. The molecule has 0 spiro atoms. The third kappa shape index (κ3) is 8.45. The molecular formula is C24H38O4. The summed E-state index contributed by atoms with van der Waals surface area (Å²) >= 11 is 0. The number of carbonyl (C=O) groups is 2. The topological polar surface area (TPSA) is 74.6 Å². The average molecular weight is 391 g/mol. The molecule has 0 saturated heterocycles. The molecule has 4 heteroatoms. The maximum Gasteiger partial charge on any atom is 0.336 e. The van der Waals surface area contributed by atoms with Gasteiger partial charge in [-0.2, -0.15) is 0 Å². The van der Waals surface area contributed by atoms with Crippen molar-refractivity contribution in [2.24, 2.45) is 0 Å². The van der Waals surface area contributed by atoms with Crippen molar-refractivity contribution in [2.45, 2.75) is 104 Å². The van der Waals surface area contributed by atoms with Gasteiger partial charge in [-0.1, -0.05) is 90.2 Å². The van der Waals surface area contributed by atoms with Gasteiger partial charge in [-0.3, -0.25) is 0 Å². The third-order valence-corrected chi connectivity index (χ3v) is 5.40. The number of aromatic carboxylic acids is 2. The van der Waals surface area contributed by atoms with E-state index < -0.39 is 11.9 Å². The Labute approximate surface area is 170 Å². The summed E-state index contributed by atoms with van der Waals surface area (Å²) in [5, 5.41) is 19.4. The minimum absolute atomic E-state index is 0.00420. The monoisotopic (exact) mass is 390 g/mol. The molecule has 0 amide bonds. The first kappa shape index (κ1) is 24.2. The van der Waals surface area contributed by atoms with E-state index >= 15 is 0 Å². The van der Waals surface area contributed by atoms with Crippen LogP contribution >= 0.6 is 0 Å². The molecule has 158 valence electrons. The summed E-state index contributed by atoms with van der Waals surface area (Å²) in [5.41, 5.74) is 1.33. The zero-order chi connectivity index (χ0) is 20.8. The lowest BCUT2D eigenvalue weighted by molar-refractivity contribution is 0.0649. The standard InChI is InChI=1S/C24H38O4/c1-3-5-7-9-11-13-15-19-17-18-20(16-14-12-10-8-6-4-2)22(24(27)28)21(19)23(25)26/h17-18H,3-16H2,1-2H3,(H,25,26)(H,27,28). The zero-order valence-corrected chi connectivity index (χ0v) is 17.8. The molecule has 0 saturated carbocycles. The number of carboxylic acid groups (broad SMARTS) is 2. The number of hydrogen-bond donors (Lipinski definition) is 2. The molecule has 0 heterocycles. The van der Waals surface area contributed by atoms with E-state index in [0.717, 1.165) is 38.5 Å². The van der Waals surface area contributed by atoms with Crippen molar-refractivity contribution in [1.82, 2.24) is 0 Å². The van der Waals surface area contributed by atoms with E-state index in [1.54, 1.807) is 0 Å². The summed E-state index contributed by atoms with van der Waals surface area (Å²) in [5.74, 6) is -2.24. The Morgan fingerprint density at radius 2 is 0.929 bits per heavy atom. The molecular weight excluding hydrogens is 352 g/mol. The van der Waals surface area contributed by atoms with Gasteiger partial charge in [0.05, 0.1) is 11.1 Å². The molecule has 4 nitrogen and oxygen atoms in total. The van der Waals surface area contributed by atoms with Crippen molar-refractivity contribution >= 4 is 11.9 Å². The molecule has 1 aromatic rings. The third-order valence-electron chi connectivity index (χ3n) is 5.40. The molecule has 1 rings (SSSR count). The Hall–Kier alpha value is -1.84. The highest BCUT2D eigenvalue weighted by Gasteiger charge is 2.23. The van der Waals surface area contributed by atoms with Crippen LogP contribution in [0.4, 0.5) is 0 Å². The maximum absolute atomic E-state index is 11.9. The van der Waals surface area contributed by atoms with E-state index in [1.807, 2.05) is 12.1 Å². The number of carboxylic acids is 2. The molecule has 28 heavy (non-hydrogen) atoms. The van der Waals surface area contributed by atoms with Gasteiger partial charge in [-0.05, 0) is 36.8 Å². The van der Waals surface area contributed by atoms with Crippen LogP contribution in [0.3, 0.4) is 0 Å². The fourth-order valence-corrected chi connectivity index (χ4v) is 3.79. The normalized spacial score (nSPS) is 10.9. The smallest absolute Gasteiger partial charge is 0.336 e. The van der Waals surface area contributed by atoms with Crippen LogP contribution < -0.4 is 0 Å². The van der Waals surface area contributed by atoms with Crippen molar-refractivity contribution in [3.63, 3.8) is 0 Å². The highest BCUT2D eigenvalue weighted by molar-refractivity contribution is 6.03. The van der Waals surface area contributed by atoms with E-state index in [2.05, 4.69) is 13.8 Å². The summed E-state index contributed by atoms with van der Waals surface area (Å²) < 4.78 is 0. The van der Waals surface area contributed by atoms with Crippen molar-refractivity contribution < 1.29 is 19.8 Å². The molecule has 0 aliphatic carbocycles. The zero-order valence-electron chi connectivity index (χ0n) is 17.8. The second-order valence-corrected chi connectivity index (χ2v) is 7.78. The molecule has 0 aliphatic heterocycles. The molecule has 2 N–H and O–H groups in total. The van der Waals surface area contributed by atoms with E-state index in [0.29, 0.717) is 24.0 Å². The van der Waals surface area contributed by atoms with Crippen molar-refractivity contribution in [1.29, 1.82) is 0 Å². The molecule has 0 unspecified atom stereocenters. The Kier molecular flexibility index (Phi) is 12.3. The molecule has 0 aromatic heterocycles. The Morgan fingerprint density at radius 1 is 0.607 bits per heavy atom. The SMILES string of the molecule is CCCCCCCCc1ccc(CCCCCCCC)c(C(=O)O)c1C(=O)O. The highest BCUT2D eigenvalue weighted by atomic mass is 16.4. The van der Waals surface area contributed by atoms with Crippen LogP contribution in [0.2, 0.25) is 0 Å². The lowest BCUT2D eigenvalue weighted by Crippen LogP contribution is -2.15. The van der Waals surface area contributed by atoms with Crippen molar-refractivity contribution in [2.75, 3.05) is 0 Å². The Morgan fingerprint density at radius 3 is 1.25 bits per heavy atom. The van der Waals surface area contributed by atoms with Gasteiger partial charge in [-0.25, -0.2) is 9.59 Å². The first-order valence-electron chi connectivity index (χ1n) is 11.1. The van der Waals surface area contributed by atoms with Crippen LogP contribution in [0.15, 0.2) is 12.1 Å². The van der Waals surface area contributed by atoms with E-state index in [1.165, 1.54) is 38.5 Å². The van der Waals surface area contributed by atoms with Gasteiger partial charge in [0.2, 0.25) is 0 Å². The lowest BCUT2D eigenvalue weighted by atomic mass is 9.90. The van der Waals surface area contributed by atoms with Crippen LogP contribution in [-0.2, 0) is 12.8 Å². The van der Waals surface area contributed by atoms with Crippen LogP contribution in [0, 0.1) is 0 Å². The minimum Gasteiger partial charge on any atom is -0.478 e. The second-order valence-electron chi connectivity index (χ2n) is 7.78. The van der Waals surface area contributed by atoms with Crippen LogP contribution in [0.25, 0.3) is 0 Å². The maximum atomic E-state index is 11.9. The first-order valence-corrected chi connectivity index (χ1v) is 11.1. The van der Waals surface area contributed by atoms with Crippen molar-refractivity contribution in [3.05, 3.63) is 34.4 Å². The number of aryl methyl sites for hydroxylation is 2. The van der Waals surface area contributed by atoms with E-state index in [4.69, 9.17) is 0 Å².